The van der Waals surface area contributed by atoms with Gasteiger partial charge in [0.15, 0.2) is 0 Å². The van der Waals surface area contributed by atoms with Gasteiger partial charge in [-0.15, -0.1) is 0 Å². The van der Waals surface area contributed by atoms with Crippen LogP contribution in [0, 0.1) is 5.92 Å². The molecule has 0 saturated heterocycles. The van der Waals surface area contributed by atoms with Gasteiger partial charge in [0.2, 0.25) is 5.91 Å². The van der Waals surface area contributed by atoms with Gasteiger partial charge in [-0.25, -0.2) is 5.43 Å². The lowest BCUT2D eigenvalue weighted by Crippen LogP contribution is -2.22. The van der Waals surface area contributed by atoms with Crippen molar-refractivity contribution in [3.05, 3.63) is 35.9 Å². The molecule has 2 rings (SSSR count). The molecule has 0 radical (unpaired) electrons. The quantitative estimate of drug-likeness (QED) is 0.496. The van der Waals surface area contributed by atoms with E-state index in [0.29, 0.717) is 12.3 Å². The van der Waals surface area contributed by atoms with Crippen LogP contribution in [-0.2, 0) is 14.3 Å². The van der Waals surface area contributed by atoms with Gasteiger partial charge in [-0.2, -0.15) is 5.10 Å². The van der Waals surface area contributed by atoms with Crippen molar-refractivity contribution in [2.75, 3.05) is 6.61 Å². The van der Waals surface area contributed by atoms with Crippen molar-refractivity contribution in [3.8, 4) is 0 Å². The number of ether oxygens (including phenoxy) is 1. The molecule has 1 amide bonds. The minimum atomic E-state index is -0.332. The van der Waals surface area contributed by atoms with Crippen LogP contribution in [0.5, 0.6) is 0 Å². The monoisotopic (exact) mass is 288 g/mol. The van der Waals surface area contributed by atoms with Crippen LogP contribution in [0.2, 0.25) is 0 Å². The SMILES string of the molecule is CCOC(=O)C/C(C)=N/NC(=O)C1CC1c1ccccc1. The van der Waals surface area contributed by atoms with Gasteiger partial charge in [-0.3, -0.25) is 9.59 Å². The predicted octanol–water partition coefficient (Wildman–Crippen LogP) is 2.24. The fourth-order valence-electron chi connectivity index (χ4n) is 2.25. The molecule has 0 aliphatic heterocycles. The summed E-state index contributed by atoms with van der Waals surface area (Å²) in [7, 11) is 0. The Bertz CT molecular complexity index is 540. The third-order valence-electron chi connectivity index (χ3n) is 3.42. The molecule has 112 valence electrons. The van der Waals surface area contributed by atoms with Gasteiger partial charge in [-0.05, 0) is 31.7 Å². The molecule has 0 bridgehead atoms. The molecule has 0 aromatic heterocycles. The fourth-order valence-corrected chi connectivity index (χ4v) is 2.25. The summed E-state index contributed by atoms with van der Waals surface area (Å²) >= 11 is 0. The van der Waals surface area contributed by atoms with E-state index in [1.165, 1.54) is 5.56 Å². The standard InChI is InChI=1S/C16H20N2O3/c1-3-21-15(19)9-11(2)17-18-16(20)14-10-13(14)12-7-5-4-6-8-12/h4-8,13-14H,3,9-10H2,1-2H3,(H,18,20)/b17-11+. The molecular weight excluding hydrogens is 268 g/mol. The molecule has 21 heavy (non-hydrogen) atoms. The van der Waals surface area contributed by atoms with E-state index >= 15 is 0 Å². The first-order valence-corrected chi connectivity index (χ1v) is 7.15. The van der Waals surface area contributed by atoms with E-state index in [1.54, 1.807) is 13.8 Å². The lowest BCUT2D eigenvalue weighted by molar-refractivity contribution is -0.141. The van der Waals surface area contributed by atoms with Crippen molar-refractivity contribution in [3.63, 3.8) is 0 Å². The number of carbonyl (C=O) groups excluding carboxylic acids is 2. The van der Waals surface area contributed by atoms with E-state index in [2.05, 4.69) is 10.5 Å². The lowest BCUT2D eigenvalue weighted by atomic mass is 10.1. The zero-order valence-electron chi connectivity index (χ0n) is 12.3. The number of nitrogens with one attached hydrogen (secondary N) is 1. The molecule has 2 unspecified atom stereocenters. The van der Waals surface area contributed by atoms with Crippen LogP contribution in [0.4, 0.5) is 0 Å². The minimum Gasteiger partial charge on any atom is -0.466 e. The highest BCUT2D eigenvalue weighted by molar-refractivity contribution is 5.98. The second-order valence-electron chi connectivity index (χ2n) is 5.16. The van der Waals surface area contributed by atoms with Crippen LogP contribution in [0.25, 0.3) is 0 Å². The predicted molar refractivity (Wildman–Crippen MR) is 79.8 cm³/mol. The highest BCUT2D eigenvalue weighted by Crippen LogP contribution is 2.47. The third-order valence-corrected chi connectivity index (χ3v) is 3.42. The molecule has 1 aliphatic carbocycles. The first-order chi connectivity index (χ1) is 10.1. The van der Waals surface area contributed by atoms with Crippen molar-refractivity contribution in [2.24, 2.45) is 11.0 Å². The van der Waals surface area contributed by atoms with Gasteiger partial charge in [-0.1, -0.05) is 30.3 Å². The maximum Gasteiger partial charge on any atom is 0.311 e. The summed E-state index contributed by atoms with van der Waals surface area (Å²) in [6.07, 6.45) is 0.948. The van der Waals surface area contributed by atoms with Gasteiger partial charge in [0.05, 0.1) is 13.0 Å². The largest absolute Gasteiger partial charge is 0.466 e. The molecule has 1 saturated carbocycles. The highest BCUT2D eigenvalue weighted by Gasteiger charge is 2.43. The summed E-state index contributed by atoms with van der Waals surface area (Å²) in [4.78, 5) is 23.2. The molecule has 5 heteroatoms. The smallest absolute Gasteiger partial charge is 0.311 e. The van der Waals surface area contributed by atoms with Crippen LogP contribution in [0.15, 0.2) is 35.4 Å². The van der Waals surface area contributed by atoms with E-state index in [0.717, 1.165) is 6.42 Å². The van der Waals surface area contributed by atoms with Crippen LogP contribution in [-0.4, -0.2) is 24.2 Å². The number of esters is 1. The zero-order valence-corrected chi connectivity index (χ0v) is 12.3. The van der Waals surface area contributed by atoms with Gasteiger partial charge in [0.25, 0.3) is 0 Å². The molecule has 1 fully saturated rings. The third kappa shape index (κ3) is 4.41. The molecule has 0 heterocycles. The summed E-state index contributed by atoms with van der Waals surface area (Å²) in [5, 5.41) is 3.95. The minimum absolute atomic E-state index is 0.0217. The second kappa shape index (κ2) is 7.02. The van der Waals surface area contributed by atoms with E-state index in [1.807, 2.05) is 30.3 Å². The average molecular weight is 288 g/mol. The summed E-state index contributed by atoms with van der Waals surface area (Å²) < 4.78 is 4.82. The molecular formula is C16H20N2O3. The summed E-state index contributed by atoms with van der Waals surface area (Å²) in [6.45, 7) is 3.79. The number of nitrogens with zero attached hydrogens (tertiary/aromatic N) is 1. The second-order valence-corrected chi connectivity index (χ2v) is 5.16. The van der Waals surface area contributed by atoms with Gasteiger partial charge in [0, 0.05) is 11.6 Å². The van der Waals surface area contributed by atoms with Gasteiger partial charge < -0.3 is 4.74 Å². The Morgan fingerprint density at radius 1 is 1.33 bits per heavy atom. The number of hydrogen-bond acceptors (Lipinski definition) is 4. The van der Waals surface area contributed by atoms with Crippen LogP contribution in [0.3, 0.4) is 0 Å². The topological polar surface area (TPSA) is 67.8 Å². The van der Waals surface area contributed by atoms with E-state index in [9.17, 15) is 9.59 Å². The molecule has 1 aliphatic rings. The normalized spacial score (nSPS) is 20.8. The number of amides is 1. The first kappa shape index (κ1) is 15.2. The summed E-state index contributed by atoms with van der Waals surface area (Å²) in [5.74, 6) is -0.160. The van der Waals surface area contributed by atoms with Crippen molar-refractivity contribution in [1.82, 2.24) is 5.43 Å². The molecule has 1 N–H and O–H groups in total. The number of hydrogen-bond donors (Lipinski definition) is 1. The Morgan fingerprint density at radius 3 is 2.71 bits per heavy atom. The van der Waals surface area contributed by atoms with Crippen molar-refractivity contribution in [1.29, 1.82) is 0 Å². The van der Waals surface area contributed by atoms with E-state index < -0.39 is 0 Å². The Hall–Kier alpha value is -2.17. The average Bonchev–Trinajstić information content (AvgIpc) is 3.26. The van der Waals surface area contributed by atoms with Gasteiger partial charge in [0.1, 0.15) is 0 Å². The Balaban J connectivity index is 1.80. The molecule has 1 aromatic rings. The summed E-state index contributed by atoms with van der Waals surface area (Å²) in [5.41, 5.74) is 4.26. The Labute approximate surface area is 124 Å². The van der Waals surface area contributed by atoms with Crippen molar-refractivity contribution >= 4 is 17.6 Å². The zero-order chi connectivity index (χ0) is 15.2. The van der Waals surface area contributed by atoms with Crippen molar-refractivity contribution < 1.29 is 14.3 Å². The fraction of sp³-hybridized carbons (Fsp3) is 0.438. The Morgan fingerprint density at radius 2 is 2.05 bits per heavy atom. The van der Waals surface area contributed by atoms with Gasteiger partial charge >= 0.3 is 5.97 Å². The number of carbonyl (C=O) groups is 2. The maximum atomic E-state index is 12.0. The van der Waals surface area contributed by atoms with Crippen LogP contribution < -0.4 is 5.43 Å². The summed E-state index contributed by atoms with van der Waals surface area (Å²) in [6, 6.07) is 9.99. The lowest BCUT2D eigenvalue weighted by Gasteiger charge is -2.03. The Kier molecular flexibility index (Phi) is 5.09. The number of rotatable bonds is 6. The van der Waals surface area contributed by atoms with Crippen LogP contribution >= 0.6 is 0 Å². The highest BCUT2D eigenvalue weighted by atomic mass is 16.5. The molecule has 2 atom stereocenters. The van der Waals surface area contributed by atoms with Crippen LogP contribution in [0.1, 0.15) is 38.2 Å². The number of hydrazone groups is 1. The number of benzene rings is 1. The molecule has 5 nitrogen and oxygen atoms in total. The molecule has 0 spiro atoms. The first-order valence-electron chi connectivity index (χ1n) is 7.15. The van der Waals surface area contributed by atoms with E-state index in [4.69, 9.17) is 4.74 Å². The maximum absolute atomic E-state index is 12.0. The van der Waals surface area contributed by atoms with E-state index in [-0.39, 0.29) is 30.1 Å². The van der Waals surface area contributed by atoms with Crippen molar-refractivity contribution in [2.45, 2.75) is 32.6 Å². The molecule has 1 aromatic carbocycles.